The summed E-state index contributed by atoms with van der Waals surface area (Å²) >= 11 is 0. The maximum atomic E-state index is 4.32. The Hall–Kier alpha value is -3.90. The lowest BCUT2D eigenvalue weighted by Gasteiger charge is -2.35. The second kappa shape index (κ2) is 8.32. The molecule has 0 aromatic heterocycles. The van der Waals surface area contributed by atoms with Gasteiger partial charge < -0.3 is 0 Å². The topological polar surface area (TPSA) is 0 Å². The van der Waals surface area contributed by atoms with Gasteiger partial charge >= 0.3 is 0 Å². The van der Waals surface area contributed by atoms with Crippen LogP contribution in [0.4, 0.5) is 0 Å². The standard InChI is InChI=1S/C32H26/c1-3-15-28-29(4-2)32(25-18-10-6-11-19-25,26-20-12-7-13-21-26)30-23-14-22-27(31(28)30)24-16-8-5-9-17-24/h3-23H,2H2,1H3/b15-3-. The van der Waals surface area contributed by atoms with E-state index in [0.717, 1.165) is 0 Å². The van der Waals surface area contributed by atoms with E-state index in [0.29, 0.717) is 0 Å². The molecule has 0 nitrogen and oxygen atoms in total. The van der Waals surface area contributed by atoms with Crippen LogP contribution in [0.3, 0.4) is 0 Å². The van der Waals surface area contributed by atoms with E-state index in [4.69, 9.17) is 0 Å². The van der Waals surface area contributed by atoms with Crippen molar-refractivity contribution >= 4 is 5.57 Å². The van der Waals surface area contributed by atoms with Gasteiger partial charge in [0.05, 0.1) is 5.41 Å². The van der Waals surface area contributed by atoms with Crippen molar-refractivity contribution < 1.29 is 0 Å². The Balaban J connectivity index is 1.97. The van der Waals surface area contributed by atoms with Crippen LogP contribution in [0.25, 0.3) is 16.7 Å². The van der Waals surface area contributed by atoms with Gasteiger partial charge in [-0.1, -0.05) is 134 Å². The van der Waals surface area contributed by atoms with Crippen molar-refractivity contribution in [3.8, 4) is 11.1 Å². The lowest BCUT2D eigenvalue weighted by atomic mass is 9.66. The molecule has 0 heteroatoms. The van der Waals surface area contributed by atoms with Gasteiger partial charge in [0.1, 0.15) is 0 Å². The van der Waals surface area contributed by atoms with E-state index in [2.05, 4.69) is 141 Å². The Bertz CT molecular complexity index is 1270. The summed E-state index contributed by atoms with van der Waals surface area (Å²) in [5.41, 5.74) is 9.64. The second-order valence-corrected chi connectivity index (χ2v) is 8.11. The first-order valence-corrected chi connectivity index (χ1v) is 11.1. The molecule has 4 aromatic rings. The van der Waals surface area contributed by atoms with Gasteiger partial charge in [0, 0.05) is 0 Å². The Morgan fingerprint density at radius 1 is 0.656 bits per heavy atom. The minimum absolute atomic E-state index is 0.417. The second-order valence-electron chi connectivity index (χ2n) is 8.11. The Morgan fingerprint density at radius 3 is 1.75 bits per heavy atom. The maximum Gasteiger partial charge on any atom is 0.0713 e. The highest BCUT2D eigenvalue weighted by Gasteiger charge is 2.46. The largest absolute Gasteiger partial charge is 0.0987 e. The van der Waals surface area contributed by atoms with Gasteiger partial charge in [-0.15, -0.1) is 0 Å². The molecule has 32 heavy (non-hydrogen) atoms. The Morgan fingerprint density at radius 2 is 1.22 bits per heavy atom. The molecule has 0 spiro atoms. The minimum Gasteiger partial charge on any atom is -0.0987 e. The van der Waals surface area contributed by atoms with Crippen LogP contribution >= 0.6 is 0 Å². The van der Waals surface area contributed by atoms with Crippen LogP contribution in [0, 0.1) is 0 Å². The molecular formula is C32H26. The molecule has 0 unspecified atom stereocenters. The molecular weight excluding hydrogens is 384 g/mol. The lowest BCUT2D eigenvalue weighted by Crippen LogP contribution is -2.29. The molecule has 0 fully saturated rings. The highest BCUT2D eigenvalue weighted by molar-refractivity contribution is 5.97. The molecule has 0 N–H and O–H groups in total. The zero-order valence-electron chi connectivity index (χ0n) is 18.3. The predicted octanol–water partition coefficient (Wildman–Crippen LogP) is 8.22. The highest BCUT2D eigenvalue weighted by Crippen LogP contribution is 2.57. The zero-order chi connectivity index (χ0) is 22.0. The van der Waals surface area contributed by atoms with Gasteiger partial charge in [-0.3, -0.25) is 0 Å². The summed E-state index contributed by atoms with van der Waals surface area (Å²) in [7, 11) is 0. The first-order chi connectivity index (χ1) is 15.8. The SMILES string of the molecule is C=CC1=C(/C=C\C)c2c(-c3ccccc3)cccc2C1(c1ccccc1)c1ccccc1. The van der Waals surface area contributed by atoms with E-state index in [1.165, 1.54) is 44.5 Å². The van der Waals surface area contributed by atoms with Gasteiger partial charge in [0.15, 0.2) is 0 Å². The minimum atomic E-state index is -0.417. The molecule has 154 valence electrons. The fourth-order valence-electron chi connectivity index (χ4n) is 5.26. The lowest BCUT2D eigenvalue weighted by molar-refractivity contribution is 0.762. The van der Waals surface area contributed by atoms with E-state index in [1.54, 1.807) is 0 Å². The van der Waals surface area contributed by atoms with Crippen molar-refractivity contribution in [1.82, 2.24) is 0 Å². The number of allylic oxidation sites excluding steroid dienone is 5. The summed E-state index contributed by atoms with van der Waals surface area (Å²) in [5, 5.41) is 0. The molecule has 4 aromatic carbocycles. The molecule has 0 amide bonds. The van der Waals surface area contributed by atoms with Crippen LogP contribution < -0.4 is 0 Å². The van der Waals surface area contributed by atoms with Gasteiger partial charge in [-0.2, -0.15) is 0 Å². The van der Waals surface area contributed by atoms with Crippen molar-refractivity contribution in [2.75, 3.05) is 0 Å². The average molecular weight is 411 g/mol. The monoisotopic (exact) mass is 410 g/mol. The predicted molar refractivity (Wildman–Crippen MR) is 137 cm³/mol. The third kappa shape index (κ3) is 2.92. The summed E-state index contributed by atoms with van der Waals surface area (Å²) in [4.78, 5) is 0. The van der Waals surface area contributed by atoms with E-state index in [9.17, 15) is 0 Å². The summed E-state index contributed by atoms with van der Waals surface area (Å²) < 4.78 is 0. The fourth-order valence-corrected chi connectivity index (χ4v) is 5.26. The molecule has 0 bridgehead atoms. The Labute approximate surface area is 190 Å². The van der Waals surface area contributed by atoms with Gasteiger partial charge in [-0.25, -0.2) is 0 Å². The van der Waals surface area contributed by atoms with E-state index in [-0.39, 0.29) is 0 Å². The molecule has 0 saturated heterocycles. The maximum absolute atomic E-state index is 4.32. The molecule has 0 aliphatic heterocycles. The molecule has 1 aliphatic rings. The van der Waals surface area contributed by atoms with E-state index in [1.807, 2.05) is 0 Å². The van der Waals surface area contributed by atoms with Gasteiger partial charge in [0.2, 0.25) is 0 Å². The third-order valence-corrected chi connectivity index (χ3v) is 6.47. The van der Waals surface area contributed by atoms with Crippen LogP contribution in [-0.4, -0.2) is 0 Å². The van der Waals surface area contributed by atoms with Crippen LogP contribution in [-0.2, 0) is 5.41 Å². The first-order valence-electron chi connectivity index (χ1n) is 11.1. The summed E-state index contributed by atoms with van der Waals surface area (Å²) in [5.74, 6) is 0. The van der Waals surface area contributed by atoms with Gasteiger partial charge in [0.25, 0.3) is 0 Å². The molecule has 1 aliphatic carbocycles. The number of fused-ring (bicyclic) bond motifs is 1. The first kappa shape index (κ1) is 20.0. The highest BCUT2D eigenvalue weighted by atomic mass is 14.5. The van der Waals surface area contributed by atoms with Crippen molar-refractivity contribution in [3.63, 3.8) is 0 Å². The number of rotatable bonds is 5. The van der Waals surface area contributed by atoms with Crippen molar-refractivity contribution in [2.45, 2.75) is 12.3 Å². The average Bonchev–Trinajstić information content (AvgIpc) is 3.16. The quantitative estimate of drug-likeness (QED) is 0.311. The van der Waals surface area contributed by atoms with Crippen LogP contribution in [0.2, 0.25) is 0 Å². The summed E-state index contributed by atoms with van der Waals surface area (Å²) in [6.07, 6.45) is 6.44. The number of benzene rings is 4. The van der Waals surface area contributed by atoms with Crippen LogP contribution in [0.1, 0.15) is 29.2 Å². The summed E-state index contributed by atoms with van der Waals surface area (Å²) in [6.45, 7) is 6.40. The Kier molecular flexibility index (Phi) is 5.21. The molecule has 0 saturated carbocycles. The smallest absolute Gasteiger partial charge is 0.0713 e. The van der Waals surface area contributed by atoms with Crippen LogP contribution in [0.15, 0.2) is 140 Å². The van der Waals surface area contributed by atoms with Crippen molar-refractivity contribution in [2.24, 2.45) is 0 Å². The zero-order valence-corrected chi connectivity index (χ0v) is 18.3. The van der Waals surface area contributed by atoms with Crippen molar-refractivity contribution in [1.29, 1.82) is 0 Å². The fraction of sp³-hybridized carbons (Fsp3) is 0.0625. The summed E-state index contributed by atoms with van der Waals surface area (Å²) in [6, 6.07) is 39.1. The van der Waals surface area contributed by atoms with Gasteiger partial charge in [-0.05, 0) is 51.5 Å². The van der Waals surface area contributed by atoms with E-state index < -0.39 is 5.41 Å². The molecule has 0 radical (unpaired) electrons. The third-order valence-electron chi connectivity index (χ3n) is 6.47. The van der Waals surface area contributed by atoms with Crippen molar-refractivity contribution in [3.05, 3.63) is 162 Å². The van der Waals surface area contributed by atoms with Crippen LogP contribution in [0.5, 0.6) is 0 Å². The van der Waals surface area contributed by atoms with E-state index >= 15 is 0 Å². The normalized spacial score (nSPS) is 14.5. The number of hydrogen-bond acceptors (Lipinski definition) is 0. The molecule has 5 rings (SSSR count). The number of hydrogen-bond donors (Lipinski definition) is 0. The molecule has 0 atom stereocenters. The molecule has 0 heterocycles.